The number of nitrogens with one attached hydrogen (secondary N) is 3. The van der Waals surface area contributed by atoms with E-state index in [-0.39, 0.29) is 73.6 Å². The van der Waals surface area contributed by atoms with Crippen LogP contribution in [0.15, 0.2) is 95.2 Å². The molecule has 4 aromatic rings. The van der Waals surface area contributed by atoms with Crippen LogP contribution in [0, 0.1) is 12.3 Å². The summed E-state index contributed by atoms with van der Waals surface area (Å²) in [5, 5.41) is 8.35. The van der Waals surface area contributed by atoms with Gasteiger partial charge in [0.15, 0.2) is 23.0 Å². The fraction of sp³-hybridized carbons (Fsp3) is 0.367. The maximum atomic E-state index is 14.1. The molecular formula is C60H65N8O12. The summed E-state index contributed by atoms with van der Waals surface area (Å²) in [6.07, 6.45) is 12.2. The molecule has 20 nitrogen and oxygen atoms in total. The van der Waals surface area contributed by atoms with Crippen molar-refractivity contribution in [1.29, 1.82) is 0 Å². The molecule has 0 aromatic heterocycles. The van der Waals surface area contributed by atoms with Gasteiger partial charge in [0.1, 0.15) is 17.8 Å². The third kappa shape index (κ3) is 12.5. The highest BCUT2D eigenvalue weighted by Gasteiger charge is 2.36. The predicted molar refractivity (Wildman–Crippen MR) is 300 cm³/mol. The third-order valence-corrected chi connectivity index (χ3v) is 14.5. The van der Waals surface area contributed by atoms with Gasteiger partial charge in [-0.3, -0.25) is 48.4 Å². The molecule has 7 amide bonds. The molecule has 0 aliphatic carbocycles. The van der Waals surface area contributed by atoms with Crippen LogP contribution in [0.1, 0.15) is 104 Å². The van der Waals surface area contributed by atoms with Gasteiger partial charge in [-0.25, -0.2) is 0 Å². The van der Waals surface area contributed by atoms with E-state index in [0.29, 0.717) is 96.3 Å². The highest BCUT2D eigenvalue weighted by atomic mass is 16.5. The van der Waals surface area contributed by atoms with Gasteiger partial charge in [-0.1, -0.05) is 44.5 Å². The maximum absolute atomic E-state index is 14.1. The van der Waals surface area contributed by atoms with Crippen LogP contribution in [0.5, 0.6) is 28.7 Å². The zero-order valence-corrected chi connectivity index (χ0v) is 45.6. The Morgan fingerprint density at radius 3 is 1.69 bits per heavy atom. The summed E-state index contributed by atoms with van der Waals surface area (Å²) < 4.78 is 29.0. The minimum absolute atomic E-state index is 0.124. The highest BCUT2D eigenvalue weighted by Crippen LogP contribution is 2.42. The Morgan fingerprint density at radius 2 is 1.19 bits per heavy atom. The Hall–Kier alpha value is -8.81. The Balaban J connectivity index is 0.739. The lowest BCUT2D eigenvalue weighted by atomic mass is 10.0. The quantitative estimate of drug-likeness (QED) is 0.0481. The fourth-order valence-corrected chi connectivity index (χ4v) is 10.0. The molecule has 5 aliphatic rings. The Kier molecular flexibility index (Phi) is 17.4. The Morgan fingerprint density at radius 1 is 0.637 bits per heavy atom. The van der Waals surface area contributed by atoms with Gasteiger partial charge < -0.3 is 49.4 Å². The molecule has 9 rings (SSSR count). The lowest BCUT2D eigenvalue weighted by molar-refractivity contribution is -0.137. The first-order valence-electron chi connectivity index (χ1n) is 26.8. The summed E-state index contributed by atoms with van der Waals surface area (Å²) in [4.78, 5) is 105. The van der Waals surface area contributed by atoms with Gasteiger partial charge in [0.2, 0.25) is 29.5 Å². The van der Waals surface area contributed by atoms with Gasteiger partial charge in [-0.15, -0.1) is 0 Å². The van der Waals surface area contributed by atoms with E-state index >= 15 is 0 Å². The Bertz CT molecular complexity index is 3170. The van der Waals surface area contributed by atoms with E-state index in [1.165, 1.54) is 25.5 Å². The predicted octanol–water partition coefficient (Wildman–Crippen LogP) is 7.61. The number of anilines is 1. The number of methoxy groups -OCH3 is 3. The second-order valence-corrected chi connectivity index (χ2v) is 20.3. The molecule has 4 atom stereocenters. The number of benzene rings is 4. The first kappa shape index (κ1) is 55.9. The molecule has 1 saturated heterocycles. The number of ether oxygens (including phenoxy) is 5. The van der Waals surface area contributed by atoms with Gasteiger partial charge in [0, 0.05) is 81.3 Å². The van der Waals surface area contributed by atoms with Crippen LogP contribution in [0.3, 0.4) is 0 Å². The molecule has 417 valence electrons. The van der Waals surface area contributed by atoms with Gasteiger partial charge >= 0.3 is 0 Å². The first-order chi connectivity index (χ1) is 38.6. The zero-order chi connectivity index (χ0) is 56.6. The number of aliphatic imine (C=N–C) groups is 2. The average Bonchev–Trinajstić information content (AvgIpc) is 4.15. The van der Waals surface area contributed by atoms with E-state index in [9.17, 15) is 33.6 Å². The number of likely N-dealkylation sites (tertiary alicyclic amines) is 1. The second kappa shape index (κ2) is 24.9. The van der Waals surface area contributed by atoms with Crippen molar-refractivity contribution in [3.05, 3.63) is 114 Å². The summed E-state index contributed by atoms with van der Waals surface area (Å²) in [6, 6.07) is 19.3. The normalized spacial score (nSPS) is 17.8. The molecule has 4 aromatic carbocycles. The molecular weight excluding hydrogens is 1020 g/mol. The average molecular weight is 1090 g/mol. The molecule has 3 N–H and O–H groups in total. The van der Waals surface area contributed by atoms with E-state index in [0.717, 1.165) is 28.0 Å². The molecule has 0 bridgehead atoms. The molecule has 1 radical (unpaired) electrons. The molecule has 80 heavy (non-hydrogen) atoms. The number of carbonyl (C=O) groups excluding carboxylic acids is 7. The fourth-order valence-electron chi connectivity index (χ4n) is 10.0. The van der Waals surface area contributed by atoms with E-state index in [1.807, 2.05) is 48.8 Å². The number of amides is 7. The number of carbonyl (C=O) groups is 7. The molecule has 5 heterocycles. The maximum Gasteiger partial charge on any atom is 0.260 e. The minimum atomic E-state index is -0.923. The van der Waals surface area contributed by atoms with Crippen molar-refractivity contribution < 1.29 is 57.2 Å². The van der Waals surface area contributed by atoms with Crippen LogP contribution >= 0.6 is 0 Å². The number of fused-ring (bicyclic) bond motifs is 4. The zero-order valence-electron chi connectivity index (χ0n) is 45.6. The topological polar surface area (TPSA) is 236 Å². The molecule has 1 fully saturated rings. The number of hydrogen-bond donors (Lipinski definition) is 3. The van der Waals surface area contributed by atoms with Gasteiger partial charge in [-0.2, -0.15) is 0 Å². The Labute approximate surface area is 464 Å². The number of hydrogen-bond acceptors (Lipinski definition) is 14. The summed E-state index contributed by atoms with van der Waals surface area (Å²) in [6.45, 7) is 5.98. The lowest BCUT2D eigenvalue weighted by Gasteiger charge is -2.24. The van der Waals surface area contributed by atoms with E-state index < -0.39 is 23.9 Å². The summed E-state index contributed by atoms with van der Waals surface area (Å²) >= 11 is 0. The van der Waals surface area contributed by atoms with E-state index in [2.05, 4.69) is 16.0 Å². The number of unbranched alkanes of at least 4 members (excludes halogenated alkanes) is 2. The number of nitrogens with zero attached hydrogens (tertiary/aromatic N) is 5. The number of imide groups is 1. The van der Waals surface area contributed by atoms with E-state index in [4.69, 9.17) is 33.7 Å². The molecule has 0 spiro atoms. The van der Waals surface area contributed by atoms with Crippen molar-refractivity contribution in [1.82, 2.24) is 25.3 Å². The molecule has 5 aliphatic heterocycles. The van der Waals surface area contributed by atoms with Crippen molar-refractivity contribution in [3.63, 3.8) is 0 Å². The van der Waals surface area contributed by atoms with Crippen LogP contribution in [0.2, 0.25) is 0 Å². The van der Waals surface area contributed by atoms with Crippen LogP contribution in [-0.4, -0.2) is 134 Å². The lowest BCUT2D eigenvalue weighted by Crippen LogP contribution is -2.53. The summed E-state index contributed by atoms with van der Waals surface area (Å²) in [5.41, 5.74) is 5.95. The molecule has 0 unspecified atom stereocenters. The molecule has 20 heteroatoms. The first-order valence-corrected chi connectivity index (χ1v) is 26.8. The SMILES string of the molecule is COc1ccc(C2=CN3C(=O)c4cc(OC)c(OCCCOc5cc6c(cc5OC)C(=O)N5C=C(c7ccc(NC(=O)[C@H](C)NC(=O)[C@@H](NC(=O)CCCCCN8C(=O)[CH]CC8=O)C(C)C)cc7)C[C@H]5C=N6)cc4N=C[C@@H]3C2)cc1. The van der Waals surface area contributed by atoms with Crippen molar-refractivity contribution in [3.8, 4) is 28.7 Å². The smallest absolute Gasteiger partial charge is 0.260 e. The van der Waals surface area contributed by atoms with Gasteiger partial charge in [-0.05, 0) is 84.4 Å². The van der Waals surface area contributed by atoms with Crippen LogP contribution < -0.4 is 39.6 Å². The standard InChI is InChI=1S/C60H65N8O12/c1-35(2)56(65-53(69)11-8-7-9-22-66-54(70)20-21-55(66)71)58(73)63-36(3)57(72)64-41-16-12-37(13-17-41)39-25-42-31-61-47-29-51(49(77-5)27-45(47)59(74)67(42)33-39)79-23-10-24-80-52-30-48-46(28-50(52)78-6)60(75)68-34-40(26-43(68)32-62-48)38-14-18-44(76-4)19-15-38/h12-20,27-36,42-43,56H,7-11,21-26H2,1-6H3,(H,63,73)(H,64,72)(H,65,69)/t36-,42-,43-,56-/m0/s1. The summed E-state index contributed by atoms with van der Waals surface area (Å²) in [5.74, 6) is -0.0709. The van der Waals surface area contributed by atoms with E-state index in [1.54, 1.807) is 86.5 Å². The molecule has 0 saturated carbocycles. The van der Waals surface area contributed by atoms with Crippen molar-refractivity contribution in [2.75, 3.05) is 46.4 Å². The minimum Gasteiger partial charge on any atom is -0.497 e. The second-order valence-electron chi connectivity index (χ2n) is 20.3. The van der Waals surface area contributed by atoms with Crippen LogP contribution in [0.25, 0.3) is 11.1 Å². The van der Waals surface area contributed by atoms with Crippen molar-refractivity contribution in [2.45, 2.75) is 96.3 Å². The van der Waals surface area contributed by atoms with Crippen molar-refractivity contribution in [2.24, 2.45) is 15.9 Å². The van der Waals surface area contributed by atoms with Crippen LogP contribution in [0.4, 0.5) is 17.1 Å². The van der Waals surface area contributed by atoms with Crippen LogP contribution in [-0.2, 0) is 24.0 Å². The highest BCUT2D eigenvalue weighted by molar-refractivity contribution is 6.08. The summed E-state index contributed by atoms with van der Waals surface area (Å²) in [7, 11) is 4.65. The monoisotopic (exact) mass is 1090 g/mol. The third-order valence-electron chi connectivity index (χ3n) is 14.5. The van der Waals surface area contributed by atoms with Crippen molar-refractivity contribution >= 4 is 82.0 Å². The van der Waals surface area contributed by atoms with Gasteiger partial charge in [0.05, 0.1) is 75.5 Å². The largest absolute Gasteiger partial charge is 0.497 e. The van der Waals surface area contributed by atoms with Gasteiger partial charge in [0.25, 0.3) is 11.8 Å². The number of rotatable bonds is 23.